The number of nitrogens with one attached hydrogen (secondary N) is 1. The molecule has 1 heterocycles. The van der Waals surface area contributed by atoms with Crippen molar-refractivity contribution in [3.63, 3.8) is 0 Å². The first-order valence-corrected chi connectivity index (χ1v) is 6.79. The van der Waals surface area contributed by atoms with Crippen LogP contribution in [-0.4, -0.2) is 31.3 Å². The van der Waals surface area contributed by atoms with Crippen molar-refractivity contribution in [2.24, 2.45) is 0 Å². The van der Waals surface area contributed by atoms with E-state index in [4.69, 9.17) is 0 Å². The summed E-state index contributed by atoms with van der Waals surface area (Å²) in [4.78, 5) is 5.52. The summed E-state index contributed by atoms with van der Waals surface area (Å²) >= 11 is 0. The van der Waals surface area contributed by atoms with Crippen LogP contribution >= 0.6 is 0 Å². The zero-order valence-corrected chi connectivity index (χ0v) is 12.0. The van der Waals surface area contributed by atoms with Crippen LogP contribution in [0.3, 0.4) is 0 Å². The number of alkyl halides is 3. The third-order valence-corrected chi connectivity index (χ3v) is 3.28. The summed E-state index contributed by atoms with van der Waals surface area (Å²) in [6.07, 6.45) is -2.60. The molecule has 0 atom stereocenters. The summed E-state index contributed by atoms with van der Waals surface area (Å²) in [7, 11) is 1.82. The molecule has 0 amide bonds. The summed E-state index contributed by atoms with van der Waals surface area (Å²) in [6.45, 7) is 1.58. The van der Waals surface area contributed by atoms with Gasteiger partial charge in [0.25, 0.3) is 0 Å². The van der Waals surface area contributed by atoms with Crippen LogP contribution in [0.2, 0.25) is 0 Å². The van der Waals surface area contributed by atoms with E-state index in [1.807, 2.05) is 31.3 Å². The molecule has 0 saturated heterocycles. The molecule has 0 saturated carbocycles. The molecule has 0 fully saturated rings. The normalized spacial score (nSPS) is 11.9. The van der Waals surface area contributed by atoms with Crippen molar-refractivity contribution in [3.05, 3.63) is 36.0 Å². The Morgan fingerprint density at radius 3 is 2.43 bits per heavy atom. The van der Waals surface area contributed by atoms with Crippen LogP contribution in [0.25, 0.3) is 10.8 Å². The first kappa shape index (κ1) is 15.6. The molecule has 114 valence electrons. The molecule has 2 rings (SSSR count). The summed E-state index contributed by atoms with van der Waals surface area (Å²) in [6, 6.07) is 7.42. The van der Waals surface area contributed by atoms with Crippen molar-refractivity contribution in [2.75, 3.05) is 25.0 Å². The quantitative estimate of drug-likeness (QED) is 0.917. The van der Waals surface area contributed by atoms with Crippen molar-refractivity contribution in [1.82, 2.24) is 10.3 Å². The summed E-state index contributed by atoms with van der Waals surface area (Å²) < 4.78 is 38.1. The van der Waals surface area contributed by atoms with E-state index in [-0.39, 0.29) is 6.54 Å². The Kier molecular flexibility index (Phi) is 4.67. The van der Waals surface area contributed by atoms with Gasteiger partial charge >= 0.3 is 6.18 Å². The zero-order chi connectivity index (χ0) is 15.5. The molecule has 0 bridgehead atoms. The lowest BCUT2D eigenvalue weighted by molar-refractivity contribution is -0.119. The van der Waals surface area contributed by atoms with Crippen molar-refractivity contribution < 1.29 is 13.2 Å². The van der Waals surface area contributed by atoms with Crippen molar-refractivity contribution in [2.45, 2.75) is 19.6 Å². The van der Waals surface area contributed by atoms with Crippen molar-refractivity contribution >= 4 is 16.6 Å². The number of benzene rings is 1. The van der Waals surface area contributed by atoms with Gasteiger partial charge in [0, 0.05) is 24.7 Å². The Bertz CT molecular complexity index is 611. The summed E-state index contributed by atoms with van der Waals surface area (Å²) in [5.74, 6) is 0.380. The minimum Gasteiger partial charge on any atom is -0.347 e. The van der Waals surface area contributed by atoms with Crippen LogP contribution < -0.4 is 10.2 Å². The molecule has 0 unspecified atom stereocenters. The standard InChI is InChI=1S/C15H18F3N3/c1-3-21(10-15(16,17)18)14-13-7-5-4-6-12(13)11(8-19-2)9-20-14/h4-7,9,19H,3,8,10H2,1-2H3. The Morgan fingerprint density at radius 2 is 1.86 bits per heavy atom. The van der Waals surface area contributed by atoms with Crippen LogP contribution in [0.5, 0.6) is 0 Å². The van der Waals surface area contributed by atoms with E-state index in [0.29, 0.717) is 12.4 Å². The number of halogens is 3. The summed E-state index contributed by atoms with van der Waals surface area (Å²) in [5, 5.41) is 4.72. The Labute approximate surface area is 121 Å². The molecule has 0 aliphatic carbocycles. The average Bonchev–Trinajstić information content (AvgIpc) is 2.45. The van der Waals surface area contributed by atoms with Crippen molar-refractivity contribution in [1.29, 1.82) is 0 Å². The highest BCUT2D eigenvalue weighted by Gasteiger charge is 2.31. The second kappa shape index (κ2) is 6.30. The number of hydrogen-bond donors (Lipinski definition) is 1. The molecule has 0 aliphatic heterocycles. The Balaban J connectivity index is 2.51. The Hall–Kier alpha value is -1.82. The number of rotatable bonds is 5. The maximum atomic E-state index is 12.7. The minimum absolute atomic E-state index is 0.252. The van der Waals surface area contributed by atoms with Gasteiger partial charge in [-0.05, 0) is 24.9 Å². The fraction of sp³-hybridized carbons (Fsp3) is 0.400. The van der Waals surface area contributed by atoms with Gasteiger partial charge in [-0.2, -0.15) is 13.2 Å². The van der Waals surface area contributed by atoms with E-state index >= 15 is 0 Å². The molecule has 2 aromatic rings. The molecular formula is C15H18F3N3. The van der Waals surface area contributed by atoms with Gasteiger partial charge in [0.05, 0.1) is 0 Å². The predicted molar refractivity (Wildman–Crippen MR) is 78.4 cm³/mol. The largest absolute Gasteiger partial charge is 0.405 e. The number of pyridine rings is 1. The fourth-order valence-corrected chi connectivity index (χ4v) is 2.37. The molecule has 1 N–H and O–H groups in total. The number of fused-ring (bicyclic) bond motifs is 1. The van der Waals surface area contributed by atoms with Crippen LogP contribution in [0.1, 0.15) is 12.5 Å². The molecule has 3 nitrogen and oxygen atoms in total. The highest BCUT2D eigenvalue weighted by molar-refractivity contribution is 5.94. The van der Waals surface area contributed by atoms with Gasteiger partial charge in [-0.15, -0.1) is 0 Å². The second-order valence-corrected chi connectivity index (χ2v) is 4.81. The van der Waals surface area contributed by atoms with Gasteiger partial charge in [-0.1, -0.05) is 24.3 Å². The van der Waals surface area contributed by atoms with E-state index in [1.54, 1.807) is 13.1 Å². The number of hydrogen-bond acceptors (Lipinski definition) is 3. The lowest BCUT2D eigenvalue weighted by Crippen LogP contribution is -2.34. The topological polar surface area (TPSA) is 28.2 Å². The predicted octanol–water partition coefficient (Wildman–Crippen LogP) is 3.34. The lowest BCUT2D eigenvalue weighted by Gasteiger charge is -2.25. The number of nitrogens with zero attached hydrogens (tertiary/aromatic N) is 2. The van der Waals surface area contributed by atoms with Gasteiger partial charge in [0.2, 0.25) is 0 Å². The monoisotopic (exact) mass is 297 g/mol. The highest BCUT2D eigenvalue weighted by Crippen LogP contribution is 2.29. The molecule has 6 heteroatoms. The van der Waals surface area contributed by atoms with Gasteiger partial charge in [0.1, 0.15) is 12.4 Å². The average molecular weight is 297 g/mol. The fourth-order valence-electron chi connectivity index (χ4n) is 2.37. The van der Waals surface area contributed by atoms with Crippen LogP contribution in [0.4, 0.5) is 19.0 Å². The summed E-state index contributed by atoms with van der Waals surface area (Å²) in [5.41, 5.74) is 0.972. The maximum absolute atomic E-state index is 12.7. The second-order valence-electron chi connectivity index (χ2n) is 4.81. The molecule has 1 aromatic carbocycles. The molecular weight excluding hydrogens is 279 g/mol. The molecule has 21 heavy (non-hydrogen) atoms. The van der Waals surface area contributed by atoms with Gasteiger partial charge < -0.3 is 10.2 Å². The number of aromatic nitrogens is 1. The molecule has 0 aliphatic rings. The SMILES string of the molecule is CCN(CC(F)(F)F)c1ncc(CNC)c2ccccc12. The van der Waals surface area contributed by atoms with E-state index in [0.717, 1.165) is 16.3 Å². The van der Waals surface area contributed by atoms with E-state index in [9.17, 15) is 13.2 Å². The van der Waals surface area contributed by atoms with E-state index in [2.05, 4.69) is 10.3 Å². The third-order valence-electron chi connectivity index (χ3n) is 3.28. The number of anilines is 1. The van der Waals surface area contributed by atoms with Crippen LogP contribution in [0.15, 0.2) is 30.5 Å². The van der Waals surface area contributed by atoms with Gasteiger partial charge in [-0.3, -0.25) is 0 Å². The van der Waals surface area contributed by atoms with Gasteiger partial charge in [0.15, 0.2) is 0 Å². The smallest absolute Gasteiger partial charge is 0.347 e. The van der Waals surface area contributed by atoms with Gasteiger partial charge in [-0.25, -0.2) is 4.98 Å². The van der Waals surface area contributed by atoms with E-state index in [1.165, 1.54) is 4.90 Å². The third kappa shape index (κ3) is 3.64. The highest BCUT2D eigenvalue weighted by atomic mass is 19.4. The first-order valence-electron chi connectivity index (χ1n) is 6.79. The molecule has 0 spiro atoms. The Morgan fingerprint density at radius 1 is 1.19 bits per heavy atom. The molecule has 1 aromatic heterocycles. The minimum atomic E-state index is -4.25. The van der Waals surface area contributed by atoms with E-state index < -0.39 is 12.7 Å². The first-order chi connectivity index (χ1) is 9.96. The van der Waals surface area contributed by atoms with Crippen molar-refractivity contribution in [3.8, 4) is 0 Å². The maximum Gasteiger partial charge on any atom is 0.405 e. The van der Waals surface area contributed by atoms with Crippen LogP contribution in [0, 0.1) is 0 Å². The molecule has 0 radical (unpaired) electrons. The zero-order valence-electron chi connectivity index (χ0n) is 12.0. The van der Waals surface area contributed by atoms with Crippen LogP contribution in [-0.2, 0) is 6.54 Å². The lowest BCUT2D eigenvalue weighted by atomic mass is 10.1.